The van der Waals surface area contributed by atoms with Crippen molar-refractivity contribution < 1.29 is 14.6 Å². The molecule has 0 aliphatic carbocycles. The second-order valence-electron chi connectivity index (χ2n) is 5.64. The fourth-order valence-electron chi connectivity index (χ4n) is 2.11. The Morgan fingerprint density at radius 2 is 2.12 bits per heavy atom. The smallest absolute Gasteiger partial charge is 0.0912 e. The first-order valence-corrected chi connectivity index (χ1v) is 6.27. The summed E-state index contributed by atoms with van der Waals surface area (Å²) in [7, 11) is 1.71. The van der Waals surface area contributed by atoms with E-state index in [0.29, 0.717) is 0 Å². The fourth-order valence-corrected chi connectivity index (χ4v) is 2.11. The van der Waals surface area contributed by atoms with Crippen molar-refractivity contribution in [1.29, 1.82) is 0 Å². The van der Waals surface area contributed by atoms with Gasteiger partial charge in [0, 0.05) is 13.7 Å². The molecule has 0 aromatic carbocycles. The van der Waals surface area contributed by atoms with Crippen molar-refractivity contribution in [2.45, 2.75) is 70.2 Å². The van der Waals surface area contributed by atoms with Crippen LogP contribution < -0.4 is 0 Å². The van der Waals surface area contributed by atoms with E-state index < -0.39 is 0 Å². The highest BCUT2D eigenvalue weighted by atomic mass is 16.5. The SMILES string of the molecule is COC(C)(C)CCC(O)C1(C)CCCCO1. The van der Waals surface area contributed by atoms with E-state index in [0.717, 1.165) is 38.7 Å². The third kappa shape index (κ3) is 3.72. The van der Waals surface area contributed by atoms with Gasteiger partial charge in [-0.1, -0.05) is 0 Å². The lowest BCUT2D eigenvalue weighted by molar-refractivity contribution is -0.142. The molecule has 0 spiro atoms. The highest BCUT2D eigenvalue weighted by Gasteiger charge is 2.36. The minimum Gasteiger partial charge on any atom is -0.390 e. The highest BCUT2D eigenvalue weighted by molar-refractivity contribution is 4.87. The third-order valence-corrected chi connectivity index (χ3v) is 3.78. The van der Waals surface area contributed by atoms with Gasteiger partial charge in [0.1, 0.15) is 0 Å². The summed E-state index contributed by atoms with van der Waals surface area (Å²) >= 11 is 0. The average Bonchev–Trinajstić information content (AvgIpc) is 2.27. The van der Waals surface area contributed by atoms with Gasteiger partial charge in [-0.3, -0.25) is 0 Å². The molecule has 1 heterocycles. The topological polar surface area (TPSA) is 38.7 Å². The maximum Gasteiger partial charge on any atom is 0.0912 e. The van der Waals surface area contributed by atoms with E-state index in [9.17, 15) is 5.11 Å². The Kier molecular flexibility index (Phi) is 4.77. The molecule has 0 amide bonds. The van der Waals surface area contributed by atoms with Crippen molar-refractivity contribution in [3.63, 3.8) is 0 Å². The molecule has 16 heavy (non-hydrogen) atoms. The van der Waals surface area contributed by atoms with Gasteiger partial charge in [0.15, 0.2) is 0 Å². The van der Waals surface area contributed by atoms with Crippen LogP contribution in [0.4, 0.5) is 0 Å². The molecule has 1 fully saturated rings. The van der Waals surface area contributed by atoms with E-state index in [4.69, 9.17) is 9.47 Å². The van der Waals surface area contributed by atoms with Crippen LogP contribution in [0.5, 0.6) is 0 Å². The Bertz CT molecular complexity index is 207. The molecule has 0 saturated carbocycles. The Hall–Kier alpha value is -0.120. The largest absolute Gasteiger partial charge is 0.390 e. The second-order valence-corrected chi connectivity index (χ2v) is 5.64. The lowest BCUT2D eigenvalue weighted by Crippen LogP contribution is -2.45. The zero-order valence-corrected chi connectivity index (χ0v) is 11.1. The molecule has 3 heteroatoms. The standard InChI is InChI=1S/C13H26O3/c1-12(2,15-4)9-7-11(14)13(3)8-5-6-10-16-13/h11,14H,5-10H2,1-4H3. The number of hydrogen-bond acceptors (Lipinski definition) is 3. The molecule has 1 saturated heterocycles. The minimum atomic E-state index is -0.387. The number of methoxy groups -OCH3 is 1. The van der Waals surface area contributed by atoms with Crippen LogP contribution in [0.25, 0.3) is 0 Å². The third-order valence-electron chi connectivity index (χ3n) is 3.78. The van der Waals surface area contributed by atoms with Crippen LogP contribution in [0.2, 0.25) is 0 Å². The van der Waals surface area contributed by atoms with Gasteiger partial charge in [-0.05, 0) is 52.9 Å². The van der Waals surface area contributed by atoms with Crippen LogP contribution in [0.15, 0.2) is 0 Å². The summed E-state index contributed by atoms with van der Waals surface area (Å²) in [4.78, 5) is 0. The van der Waals surface area contributed by atoms with Gasteiger partial charge in [-0.25, -0.2) is 0 Å². The first-order chi connectivity index (χ1) is 7.40. The molecule has 0 bridgehead atoms. The zero-order valence-electron chi connectivity index (χ0n) is 11.1. The van der Waals surface area contributed by atoms with Crippen molar-refractivity contribution in [2.75, 3.05) is 13.7 Å². The zero-order chi connectivity index (χ0) is 12.2. The van der Waals surface area contributed by atoms with Gasteiger partial charge in [-0.15, -0.1) is 0 Å². The van der Waals surface area contributed by atoms with E-state index in [2.05, 4.69) is 0 Å². The van der Waals surface area contributed by atoms with Crippen molar-refractivity contribution >= 4 is 0 Å². The monoisotopic (exact) mass is 230 g/mol. The van der Waals surface area contributed by atoms with Gasteiger partial charge in [0.25, 0.3) is 0 Å². The highest BCUT2D eigenvalue weighted by Crippen LogP contribution is 2.31. The molecule has 2 unspecified atom stereocenters. The Labute approximate surface area is 99.1 Å². The molecule has 0 aromatic heterocycles. The van der Waals surface area contributed by atoms with Crippen molar-refractivity contribution in [3.8, 4) is 0 Å². The minimum absolute atomic E-state index is 0.161. The van der Waals surface area contributed by atoms with E-state index in [1.165, 1.54) is 0 Å². The first-order valence-electron chi connectivity index (χ1n) is 6.27. The van der Waals surface area contributed by atoms with Crippen molar-refractivity contribution in [3.05, 3.63) is 0 Å². The Balaban J connectivity index is 2.41. The maximum atomic E-state index is 10.2. The summed E-state index contributed by atoms with van der Waals surface area (Å²) in [6.45, 7) is 6.89. The molecular weight excluding hydrogens is 204 g/mol. The van der Waals surface area contributed by atoms with Crippen LogP contribution in [-0.2, 0) is 9.47 Å². The van der Waals surface area contributed by atoms with Crippen LogP contribution in [0, 0.1) is 0 Å². The number of ether oxygens (including phenoxy) is 2. The number of aliphatic hydroxyl groups is 1. The van der Waals surface area contributed by atoms with E-state index in [1.54, 1.807) is 7.11 Å². The van der Waals surface area contributed by atoms with Gasteiger partial charge in [-0.2, -0.15) is 0 Å². The molecule has 1 N–H and O–H groups in total. The Morgan fingerprint density at radius 3 is 2.62 bits per heavy atom. The van der Waals surface area contributed by atoms with Crippen molar-refractivity contribution in [2.24, 2.45) is 0 Å². The second kappa shape index (κ2) is 5.48. The van der Waals surface area contributed by atoms with E-state index in [1.807, 2.05) is 20.8 Å². The molecule has 3 nitrogen and oxygen atoms in total. The lowest BCUT2D eigenvalue weighted by atomic mass is 9.86. The number of aliphatic hydroxyl groups excluding tert-OH is 1. The summed E-state index contributed by atoms with van der Waals surface area (Å²) in [6, 6.07) is 0. The molecular formula is C13H26O3. The fraction of sp³-hybridized carbons (Fsp3) is 1.00. The van der Waals surface area contributed by atoms with Crippen LogP contribution >= 0.6 is 0 Å². The van der Waals surface area contributed by atoms with Crippen LogP contribution in [-0.4, -0.2) is 36.1 Å². The molecule has 0 aromatic rings. The Morgan fingerprint density at radius 1 is 1.44 bits per heavy atom. The predicted molar refractivity (Wildman–Crippen MR) is 64.5 cm³/mol. The van der Waals surface area contributed by atoms with Gasteiger partial charge in [0.2, 0.25) is 0 Å². The van der Waals surface area contributed by atoms with Gasteiger partial charge >= 0.3 is 0 Å². The molecule has 96 valence electrons. The molecule has 1 aliphatic heterocycles. The normalized spacial score (nSPS) is 29.1. The molecule has 2 atom stereocenters. The van der Waals surface area contributed by atoms with Gasteiger partial charge < -0.3 is 14.6 Å². The van der Waals surface area contributed by atoms with E-state index in [-0.39, 0.29) is 17.3 Å². The maximum absolute atomic E-state index is 10.2. The summed E-state index contributed by atoms with van der Waals surface area (Å²) in [6.07, 6.45) is 4.43. The number of hydrogen-bond donors (Lipinski definition) is 1. The van der Waals surface area contributed by atoms with Crippen molar-refractivity contribution in [1.82, 2.24) is 0 Å². The van der Waals surface area contributed by atoms with Crippen LogP contribution in [0.1, 0.15) is 52.9 Å². The summed E-state index contributed by atoms with van der Waals surface area (Å²) in [5.74, 6) is 0. The summed E-state index contributed by atoms with van der Waals surface area (Å²) in [5.41, 5.74) is -0.506. The van der Waals surface area contributed by atoms with Crippen LogP contribution in [0.3, 0.4) is 0 Å². The first kappa shape index (κ1) is 13.9. The van der Waals surface area contributed by atoms with Gasteiger partial charge in [0.05, 0.1) is 17.3 Å². The average molecular weight is 230 g/mol. The predicted octanol–water partition coefficient (Wildman–Crippen LogP) is 2.51. The van der Waals surface area contributed by atoms with E-state index >= 15 is 0 Å². The molecule has 0 radical (unpaired) electrons. The number of rotatable bonds is 5. The molecule has 1 rings (SSSR count). The summed E-state index contributed by atoms with van der Waals surface area (Å²) < 4.78 is 11.1. The lowest BCUT2D eigenvalue weighted by Gasteiger charge is -2.39. The summed E-state index contributed by atoms with van der Waals surface area (Å²) in [5, 5.41) is 10.2. The quantitative estimate of drug-likeness (QED) is 0.788. The molecule has 1 aliphatic rings.